The fourth-order valence-corrected chi connectivity index (χ4v) is 10.1. The number of hydrogen-bond donors (Lipinski definition) is 1. The summed E-state index contributed by atoms with van der Waals surface area (Å²) in [5.74, 6) is 0. The first-order valence-corrected chi connectivity index (χ1v) is 10.5. The van der Waals surface area contributed by atoms with Gasteiger partial charge >= 0.3 is 51.4 Å². The largest absolute Gasteiger partial charge is 1.00 e. The average molecular weight is 200 g/mol. The van der Waals surface area contributed by atoms with Crippen molar-refractivity contribution in [2.24, 2.45) is 0 Å². The average Bonchev–Trinajstić information content (AvgIpc) is 1.14. The number of hydrogen-bond acceptors (Lipinski definition) is 1. The van der Waals surface area contributed by atoms with E-state index in [1.54, 1.807) is 0 Å². The molecule has 0 aliphatic carbocycles. The van der Waals surface area contributed by atoms with Crippen LogP contribution in [0.2, 0.25) is 39.3 Å². The first-order chi connectivity index (χ1) is 3.71. The first kappa shape index (κ1) is 14.5. The zero-order valence-corrected chi connectivity index (χ0v) is 13.6. The molecule has 0 heterocycles. The third kappa shape index (κ3) is 12.7. The Kier molecular flexibility index (Phi) is 7.15. The third-order valence-corrected chi connectivity index (χ3v) is 6.75. The van der Waals surface area contributed by atoms with Crippen LogP contribution in [0, 0.1) is 0 Å². The van der Waals surface area contributed by atoms with E-state index in [9.17, 15) is 0 Å². The molecule has 0 aromatic carbocycles. The van der Waals surface area contributed by atoms with Gasteiger partial charge in [-0.05, 0) is 0 Å². The number of nitrogens with one attached hydrogen (secondary N) is 1. The van der Waals surface area contributed by atoms with Crippen LogP contribution in [0.25, 0.3) is 0 Å². The van der Waals surface area contributed by atoms with Crippen LogP contribution in [-0.4, -0.2) is 16.5 Å². The Hall–Kier alpha value is 2.03. The van der Waals surface area contributed by atoms with E-state index in [4.69, 9.17) is 0 Å². The maximum atomic E-state index is 3.74. The minimum absolute atomic E-state index is 0. The maximum absolute atomic E-state index is 3.74. The maximum Gasteiger partial charge on any atom is 1.00 e. The van der Waals surface area contributed by atoms with Gasteiger partial charge in [0.1, 0.15) is 16.5 Å². The van der Waals surface area contributed by atoms with E-state index in [1.165, 1.54) is 0 Å². The molecular formula is C6H19KNSi2+. The molecule has 0 aliphatic rings. The summed E-state index contributed by atoms with van der Waals surface area (Å²) in [5.41, 5.74) is 0. The summed E-state index contributed by atoms with van der Waals surface area (Å²) in [7, 11) is -1.96. The Bertz CT molecular complexity index is 80.9. The molecule has 0 fully saturated rings. The molecule has 0 aliphatic heterocycles. The van der Waals surface area contributed by atoms with Gasteiger partial charge in [0.25, 0.3) is 0 Å². The van der Waals surface area contributed by atoms with Crippen molar-refractivity contribution in [3.8, 4) is 0 Å². The Balaban J connectivity index is 0. The zero-order valence-electron chi connectivity index (χ0n) is 8.50. The second-order valence-corrected chi connectivity index (χ2v) is 14.6. The smallest absolute Gasteiger partial charge is 0.360 e. The molecule has 0 amide bonds. The minimum atomic E-state index is -0.981. The van der Waals surface area contributed by atoms with Gasteiger partial charge in [-0.15, -0.1) is 0 Å². The Morgan fingerprint density at radius 1 is 0.700 bits per heavy atom. The van der Waals surface area contributed by atoms with Gasteiger partial charge in [-0.25, -0.2) is 0 Å². The Labute approximate surface area is 110 Å². The predicted octanol–water partition coefficient (Wildman–Crippen LogP) is -0.750. The van der Waals surface area contributed by atoms with Gasteiger partial charge < -0.3 is 4.65 Å². The van der Waals surface area contributed by atoms with Gasteiger partial charge in [0.15, 0.2) is 0 Å². The topological polar surface area (TPSA) is 12.0 Å². The van der Waals surface area contributed by atoms with Crippen LogP contribution in [0.5, 0.6) is 0 Å². The van der Waals surface area contributed by atoms with Gasteiger partial charge in [0.2, 0.25) is 0 Å². The van der Waals surface area contributed by atoms with Crippen molar-refractivity contribution < 1.29 is 51.4 Å². The molecule has 0 bridgehead atoms. The molecule has 0 radical (unpaired) electrons. The molecule has 0 saturated heterocycles. The van der Waals surface area contributed by atoms with Gasteiger partial charge in [0, 0.05) is 0 Å². The molecule has 0 spiro atoms. The van der Waals surface area contributed by atoms with Gasteiger partial charge in [-0.3, -0.25) is 0 Å². The van der Waals surface area contributed by atoms with Crippen molar-refractivity contribution in [3.63, 3.8) is 0 Å². The minimum Gasteiger partial charge on any atom is -0.360 e. The van der Waals surface area contributed by atoms with Crippen molar-refractivity contribution in [3.05, 3.63) is 0 Å². The van der Waals surface area contributed by atoms with Crippen LogP contribution in [0.1, 0.15) is 0 Å². The van der Waals surface area contributed by atoms with Gasteiger partial charge in [-0.1, -0.05) is 39.3 Å². The van der Waals surface area contributed by atoms with Crippen LogP contribution in [0.15, 0.2) is 0 Å². The Morgan fingerprint density at radius 2 is 0.900 bits per heavy atom. The van der Waals surface area contributed by atoms with E-state index in [1.807, 2.05) is 0 Å². The van der Waals surface area contributed by atoms with E-state index in [-0.39, 0.29) is 51.4 Å². The van der Waals surface area contributed by atoms with Crippen molar-refractivity contribution in [2.75, 3.05) is 0 Å². The van der Waals surface area contributed by atoms with Crippen LogP contribution in [0.3, 0.4) is 0 Å². The normalized spacial score (nSPS) is 12.6. The molecular weight excluding hydrogens is 181 g/mol. The summed E-state index contributed by atoms with van der Waals surface area (Å²) in [6, 6.07) is 0. The Morgan fingerprint density at radius 3 is 0.900 bits per heavy atom. The molecule has 0 saturated carbocycles. The summed E-state index contributed by atoms with van der Waals surface area (Å²) in [5, 5.41) is 0. The summed E-state index contributed by atoms with van der Waals surface area (Å²) in [4.78, 5) is 0. The van der Waals surface area contributed by atoms with Crippen molar-refractivity contribution >= 4 is 16.5 Å². The van der Waals surface area contributed by atoms with E-state index < -0.39 is 16.5 Å². The molecule has 4 heteroatoms. The predicted molar refractivity (Wildman–Crippen MR) is 49.8 cm³/mol. The van der Waals surface area contributed by atoms with E-state index in [0.717, 1.165) is 0 Å². The van der Waals surface area contributed by atoms with E-state index in [2.05, 4.69) is 43.9 Å². The molecule has 0 unspecified atom stereocenters. The molecule has 10 heavy (non-hydrogen) atoms. The summed E-state index contributed by atoms with van der Waals surface area (Å²) < 4.78 is 3.74. The zero-order chi connectivity index (χ0) is 7.71. The van der Waals surface area contributed by atoms with E-state index in [0.29, 0.717) is 0 Å². The third-order valence-electron chi connectivity index (χ3n) is 0.750. The number of rotatable bonds is 2. The standard InChI is InChI=1S/C6H19NSi2.K/c1-8(2,3)7-9(4,5)6;/h7H,1-6H3;/q;+1. The summed E-state index contributed by atoms with van der Waals surface area (Å²) >= 11 is 0. The molecule has 0 atom stereocenters. The quantitative estimate of drug-likeness (QED) is 0.579. The second kappa shape index (κ2) is 4.91. The van der Waals surface area contributed by atoms with Gasteiger partial charge in [0.05, 0.1) is 0 Å². The van der Waals surface area contributed by atoms with Crippen LogP contribution in [-0.2, 0) is 0 Å². The molecule has 0 rings (SSSR count). The van der Waals surface area contributed by atoms with Gasteiger partial charge in [-0.2, -0.15) is 0 Å². The molecule has 0 aromatic heterocycles. The second-order valence-electron chi connectivity index (χ2n) is 4.62. The molecule has 1 nitrogen and oxygen atoms in total. The first-order valence-electron chi connectivity index (χ1n) is 3.50. The summed E-state index contributed by atoms with van der Waals surface area (Å²) in [6.45, 7) is 14.1. The van der Waals surface area contributed by atoms with Crippen LogP contribution in [0.4, 0.5) is 0 Å². The molecule has 1 N–H and O–H groups in total. The monoisotopic (exact) mass is 200 g/mol. The SMILES string of the molecule is C[Si](C)(C)N[Si](C)(C)C.[K+]. The van der Waals surface area contributed by atoms with Crippen molar-refractivity contribution in [2.45, 2.75) is 39.3 Å². The molecule has 0 aromatic rings. The fourth-order valence-electron chi connectivity index (χ4n) is 1.12. The van der Waals surface area contributed by atoms with Crippen LogP contribution >= 0.6 is 0 Å². The van der Waals surface area contributed by atoms with Crippen molar-refractivity contribution in [1.29, 1.82) is 0 Å². The molecule has 56 valence electrons. The van der Waals surface area contributed by atoms with Crippen molar-refractivity contribution in [1.82, 2.24) is 4.65 Å². The summed E-state index contributed by atoms with van der Waals surface area (Å²) in [6.07, 6.45) is 0. The van der Waals surface area contributed by atoms with Crippen LogP contribution < -0.4 is 56.0 Å². The van der Waals surface area contributed by atoms with E-state index >= 15 is 0 Å². The fraction of sp³-hybridized carbons (Fsp3) is 1.00.